The largest absolute Gasteiger partial charge is 0.456 e. The van der Waals surface area contributed by atoms with E-state index in [0.29, 0.717) is 10.7 Å². The van der Waals surface area contributed by atoms with Crippen LogP contribution >= 0.6 is 11.3 Å². The van der Waals surface area contributed by atoms with Crippen molar-refractivity contribution in [2.75, 3.05) is 14.1 Å². The van der Waals surface area contributed by atoms with E-state index in [2.05, 4.69) is 4.98 Å². The molecule has 9 heteroatoms. The molecular formula is C19H17FN2O4S2. The van der Waals surface area contributed by atoms with Crippen LogP contribution in [0, 0.1) is 5.82 Å². The number of hydrogen-bond acceptors (Lipinski definition) is 6. The van der Waals surface area contributed by atoms with Crippen molar-refractivity contribution < 1.29 is 22.3 Å². The number of thiazole rings is 1. The molecule has 146 valence electrons. The van der Waals surface area contributed by atoms with E-state index in [-0.39, 0.29) is 22.9 Å². The molecule has 0 saturated heterocycles. The van der Waals surface area contributed by atoms with E-state index in [9.17, 15) is 17.6 Å². The second-order valence-electron chi connectivity index (χ2n) is 6.04. The highest BCUT2D eigenvalue weighted by Crippen LogP contribution is 2.24. The van der Waals surface area contributed by atoms with Crippen LogP contribution in [0.3, 0.4) is 0 Å². The zero-order valence-corrected chi connectivity index (χ0v) is 16.8. The summed E-state index contributed by atoms with van der Waals surface area (Å²) in [5.74, 6) is -0.899. The first-order valence-corrected chi connectivity index (χ1v) is 10.5. The van der Waals surface area contributed by atoms with Gasteiger partial charge in [-0.2, -0.15) is 0 Å². The summed E-state index contributed by atoms with van der Waals surface area (Å²) in [5, 5.41) is 2.46. The van der Waals surface area contributed by atoms with Crippen molar-refractivity contribution in [1.82, 2.24) is 9.29 Å². The number of esters is 1. The summed E-state index contributed by atoms with van der Waals surface area (Å²) in [6.45, 7) is -0.0196. The van der Waals surface area contributed by atoms with Gasteiger partial charge in [-0.05, 0) is 48.5 Å². The Balaban J connectivity index is 1.64. The number of halogens is 1. The summed E-state index contributed by atoms with van der Waals surface area (Å²) < 4.78 is 43.4. The van der Waals surface area contributed by atoms with E-state index < -0.39 is 16.0 Å². The number of rotatable bonds is 6. The van der Waals surface area contributed by atoms with Crippen molar-refractivity contribution in [3.63, 3.8) is 0 Å². The van der Waals surface area contributed by atoms with Crippen LogP contribution in [-0.4, -0.2) is 37.8 Å². The van der Waals surface area contributed by atoms with Crippen LogP contribution < -0.4 is 0 Å². The Labute approximate surface area is 166 Å². The lowest BCUT2D eigenvalue weighted by atomic mass is 10.2. The average Bonchev–Trinajstić information content (AvgIpc) is 3.15. The van der Waals surface area contributed by atoms with Crippen LogP contribution in [0.25, 0.3) is 10.6 Å². The molecule has 6 nitrogen and oxygen atoms in total. The number of carbonyl (C=O) groups excluding carboxylic acids is 1. The first-order valence-electron chi connectivity index (χ1n) is 8.17. The first kappa shape index (κ1) is 20.1. The van der Waals surface area contributed by atoms with Gasteiger partial charge in [0.25, 0.3) is 0 Å². The summed E-state index contributed by atoms with van der Waals surface area (Å²) in [4.78, 5) is 16.6. The molecule has 1 aromatic heterocycles. The van der Waals surface area contributed by atoms with Gasteiger partial charge in [0.2, 0.25) is 10.0 Å². The Morgan fingerprint density at radius 1 is 1.11 bits per heavy atom. The van der Waals surface area contributed by atoms with Gasteiger partial charge in [0.15, 0.2) is 0 Å². The predicted molar refractivity (Wildman–Crippen MR) is 104 cm³/mol. The van der Waals surface area contributed by atoms with Crippen molar-refractivity contribution in [3.8, 4) is 10.6 Å². The van der Waals surface area contributed by atoms with Gasteiger partial charge in [0, 0.05) is 25.0 Å². The van der Waals surface area contributed by atoms with Gasteiger partial charge < -0.3 is 4.74 Å². The second kappa shape index (κ2) is 8.17. The summed E-state index contributed by atoms with van der Waals surface area (Å²) >= 11 is 1.37. The third-order valence-electron chi connectivity index (χ3n) is 3.86. The molecule has 2 aromatic carbocycles. The van der Waals surface area contributed by atoms with Crippen LogP contribution in [0.2, 0.25) is 0 Å². The molecule has 0 amide bonds. The molecule has 0 fully saturated rings. The zero-order chi connectivity index (χ0) is 20.3. The van der Waals surface area contributed by atoms with Crippen LogP contribution in [0.5, 0.6) is 0 Å². The van der Waals surface area contributed by atoms with Gasteiger partial charge in [-0.3, -0.25) is 0 Å². The maximum Gasteiger partial charge on any atom is 0.338 e. The number of hydrogen-bond donors (Lipinski definition) is 0. The fourth-order valence-electron chi connectivity index (χ4n) is 2.29. The molecule has 0 aliphatic carbocycles. The quantitative estimate of drug-likeness (QED) is 0.570. The van der Waals surface area contributed by atoms with E-state index >= 15 is 0 Å². The molecule has 1 heterocycles. The SMILES string of the molecule is CN(C)S(=O)(=O)c1ccc(C(=O)OCc2csc(-c3ccc(F)cc3)n2)cc1. The molecule has 0 bridgehead atoms. The summed E-state index contributed by atoms with van der Waals surface area (Å²) in [5.41, 5.74) is 1.60. The summed E-state index contributed by atoms with van der Waals surface area (Å²) in [7, 11) is -0.680. The topological polar surface area (TPSA) is 76.6 Å². The highest BCUT2D eigenvalue weighted by Gasteiger charge is 2.18. The minimum absolute atomic E-state index is 0.0196. The van der Waals surface area contributed by atoms with Crippen molar-refractivity contribution in [2.24, 2.45) is 0 Å². The Morgan fingerprint density at radius 2 is 1.75 bits per heavy atom. The van der Waals surface area contributed by atoms with Gasteiger partial charge in [-0.25, -0.2) is 26.9 Å². The standard InChI is InChI=1S/C19H17FN2O4S2/c1-22(2)28(24,25)17-9-5-14(6-10-17)19(23)26-11-16-12-27-18(21-16)13-3-7-15(20)8-4-13/h3-10,12H,11H2,1-2H3. The molecule has 0 atom stereocenters. The Kier molecular flexibility index (Phi) is 5.87. The van der Waals surface area contributed by atoms with Crippen molar-refractivity contribution in [2.45, 2.75) is 11.5 Å². The molecule has 0 radical (unpaired) electrons. The highest BCUT2D eigenvalue weighted by molar-refractivity contribution is 7.89. The number of benzene rings is 2. The highest BCUT2D eigenvalue weighted by atomic mass is 32.2. The van der Waals surface area contributed by atoms with Crippen LogP contribution in [0.15, 0.2) is 58.8 Å². The molecular weight excluding hydrogens is 403 g/mol. The van der Waals surface area contributed by atoms with Gasteiger partial charge in [-0.1, -0.05) is 0 Å². The maximum absolute atomic E-state index is 13.0. The maximum atomic E-state index is 13.0. The number of ether oxygens (including phenoxy) is 1. The summed E-state index contributed by atoms with van der Waals surface area (Å²) in [6, 6.07) is 11.5. The fourth-order valence-corrected chi connectivity index (χ4v) is 4.01. The van der Waals surface area contributed by atoms with E-state index in [1.165, 1.54) is 61.8 Å². The molecule has 0 spiro atoms. The number of carbonyl (C=O) groups is 1. The molecule has 0 N–H and O–H groups in total. The van der Waals surface area contributed by atoms with Gasteiger partial charge in [0.05, 0.1) is 16.2 Å². The van der Waals surface area contributed by atoms with Crippen LogP contribution in [-0.2, 0) is 21.4 Å². The smallest absolute Gasteiger partial charge is 0.338 e. The van der Waals surface area contributed by atoms with E-state index in [4.69, 9.17) is 4.74 Å². The van der Waals surface area contributed by atoms with Gasteiger partial charge in [-0.15, -0.1) is 11.3 Å². The van der Waals surface area contributed by atoms with Gasteiger partial charge >= 0.3 is 5.97 Å². The molecule has 28 heavy (non-hydrogen) atoms. The van der Waals surface area contributed by atoms with Gasteiger partial charge in [0.1, 0.15) is 17.4 Å². The number of aromatic nitrogens is 1. The molecule has 3 aromatic rings. The molecule has 0 unspecified atom stereocenters. The molecule has 0 aliphatic rings. The number of sulfonamides is 1. The van der Waals surface area contributed by atoms with Crippen molar-refractivity contribution >= 4 is 27.3 Å². The normalized spacial score (nSPS) is 11.6. The lowest BCUT2D eigenvalue weighted by Gasteiger charge is -2.11. The van der Waals surface area contributed by atoms with Crippen LogP contribution in [0.1, 0.15) is 16.1 Å². The molecule has 0 saturated carbocycles. The van der Waals surface area contributed by atoms with Crippen molar-refractivity contribution in [3.05, 3.63) is 71.0 Å². The fraction of sp³-hybridized carbons (Fsp3) is 0.158. The van der Waals surface area contributed by atoms with Crippen LogP contribution in [0.4, 0.5) is 4.39 Å². The lowest BCUT2D eigenvalue weighted by molar-refractivity contribution is 0.0468. The lowest BCUT2D eigenvalue weighted by Crippen LogP contribution is -2.22. The Hall–Kier alpha value is -2.62. The predicted octanol–water partition coefficient (Wildman–Crippen LogP) is 3.56. The first-order chi connectivity index (χ1) is 13.3. The minimum atomic E-state index is -3.55. The molecule has 0 aliphatic heterocycles. The monoisotopic (exact) mass is 420 g/mol. The molecule has 3 rings (SSSR count). The zero-order valence-electron chi connectivity index (χ0n) is 15.1. The Bertz CT molecular complexity index is 1080. The van der Waals surface area contributed by atoms with E-state index in [1.54, 1.807) is 17.5 Å². The summed E-state index contributed by atoms with van der Waals surface area (Å²) in [6.07, 6.45) is 0. The third-order valence-corrected chi connectivity index (χ3v) is 6.63. The van der Waals surface area contributed by atoms with Crippen molar-refractivity contribution in [1.29, 1.82) is 0 Å². The number of nitrogens with zero attached hydrogens (tertiary/aromatic N) is 2. The minimum Gasteiger partial charge on any atom is -0.456 e. The average molecular weight is 420 g/mol. The Morgan fingerprint density at radius 3 is 2.36 bits per heavy atom. The third kappa shape index (κ3) is 4.44. The van der Waals surface area contributed by atoms with E-state index in [0.717, 1.165) is 9.87 Å². The van der Waals surface area contributed by atoms with E-state index in [1.807, 2.05) is 0 Å². The second-order valence-corrected chi connectivity index (χ2v) is 9.05.